The lowest BCUT2D eigenvalue weighted by Crippen LogP contribution is -2.26. The highest BCUT2D eigenvalue weighted by Gasteiger charge is 2.22. The van der Waals surface area contributed by atoms with E-state index in [4.69, 9.17) is 0 Å². The summed E-state index contributed by atoms with van der Waals surface area (Å²) in [6.07, 6.45) is 0.942. The molecule has 2 atom stereocenters. The average Bonchev–Trinajstić information content (AvgIpc) is 2.26. The molecule has 102 valence electrons. The molecule has 1 aromatic carbocycles. The first kappa shape index (κ1) is 15.1. The predicted octanol–water partition coefficient (Wildman–Crippen LogP) is 1.85. The van der Waals surface area contributed by atoms with Crippen molar-refractivity contribution >= 4 is 10.1 Å². The average molecular weight is 271 g/mol. The molecule has 0 heterocycles. The van der Waals surface area contributed by atoms with E-state index in [1.165, 1.54) is 6.92 Å². The van der Waals surface area contributed by atoms with Gasteiger partial charge in [-0.05, 0) is 23.5 Å². The SMILES string of the molecule is CC(C)Cc1ccc(C(C)C(O)S(=O)(=O)[O-])cc1. The van der Waals surface area contributed by atoms with Gasteiger partial charge in [0.2, 0.25) is 0 Å². The van der Waals surface area contributed by atoms with Crippen molar-refractivity contribution in [2.75, 3.05) is 0 Å². The van der Waals surface area contributed by atoms with E-state index in [9.17, 15) is 18.1 Å². The van der Waals surface area contributed by atoms with Crippen LogP contribution in [0.15, 0.2) is 24.3 Å². The topological polar surface area (TPSA) is 77.4 Å². The van der Waals surface area contributed by atoms with Gasteiger partial charge in [0.05, 0.1) is 0 Å². The zero-order chi connectivity index (χ0) is 13.9. The van der Waals surface area contributed by atoms with E-state index in [1.807, 2.05) is 12.1 Å². The van der Waals surface area contributed by atoms with Crippen LogP contribution in [0.25, 0.3) is 0 Å². The fourth-order valence-corrected chi connectivity index (χ4v) is 2.50. The predicted molar refractivity (Wildman–Crippen MR) is 69.1 cm³/mol. The summed E-state index contributed by atoms with van der Waals surface area (Å²) < 4.78 is 32.3. The van der Waals surface area contributed by atoms with Crippen LogP contribution in [-0.4, -0.2) is 23.5 Å². The Hall–Kier alpha value is -0.910. The fraction of sp³-hybridized carbons (Fsp3) is 0.538. The van der Waals surface area contributed by atoms with Crippen molar-refractivity contribution in [2.45, 2.75) is 38.5 Å². The van der Waals surface area contributed by atoms with Gasteiger partial charge in [-0.15, -0.1) is 0 Å². The van der Waals surface area contributed by atoms with E-state index in [1.54, 1.807) is 12.1 Å². The minimum atomic E-state index is -4.67. The number of hydrogen-bond acceptors (Lipinski definition) is 4. The van der Waals surface area contributed by atoms with E-state index in [2.05, 4.69) is 13.8 Å². The molecule has 1 N–H and O–H groups in total. The molecule has 1 aromatic rings. The van der Waals surface area contributed by atoms with Gasteiger partial charge in [-0.1, -0.05) is 45.0 Å². The lowest BCUT2D eigenvalue weighted by atomic mass is 9.97. The summed E-state index contributed by atoms with van der Waals surface area (Å²) in [5, 5.41) is 9.42. The monoisotopic (exact) mass is 271 g/mol. The zero-order valence-electron chi connectivity index (χ0n) is 10.8. The zero-order valence-corrected chi connectivity index (χ0v) is 11.6. The van der Waals surface area contributed by atoms with Gasteiger partial charge in [0, 0.05) is 5.92 Å². The summed E-state index contributed by atoms with van der Waals surface area (Å²) in [5.41, 5.74) is -0.0942. The van der Waals surface area contributed by atoms with E-state index in [0.29, 0.717) is 11.5 Å². The second-order valence-corrected chi connectivity index (χ2v) is 6.48. The molecule has 0 amide bonds. The Morgan fingerprint density at radius 2 is 1.67 bits per heavy atom. The molecule has 0 saturated heterocycles. The third-order valence-electron chi connectivity index (χ3n) is 2.87. The third-order valence-corrected chi connectivity index (χ3v) is 3.87. The maximum atomic E-state index is 10.8. The maximum Gasteiger partial charge on any atom is 0.150 e. The number of rotatable bonds is 5. The van der Waals surface area contributed by atoms with Crippen LogP contribution < -0.4 is 0 Å². The van der Waals surface area contributed by atoms with Crippen LogP contribution in [0.1, 0.15) is 37.8 Å². The van der Waals surface area contributed by atoms with Crippen molar-refractivity contribution in [2.24, 2.45) is 5.92 Å². The van der Waals surface area contributed by atoms with Gasteiger partial charge < -0.3 is 9.66 Å². The summed E-state index contributed by atoms with van der Waals surface area (Å²) in [5.74, 6) is -0.179. The van der Waals surface area contributed by atoms with E-state index < -0.39 is 21.5 Å². The lowest BCUT2D eigenvalue weighted by Gasteiger charge is -2.22. The summed E-state index contributed by atoms with van der Waals surface area (Å²) in [4.78, 5) is 0. The Balaban J connectivity index is 2.85. The molecule has 18 heavy (non-hydrogen) atoms. The molecule has 5 heteroatoms. The van der Waals surface area contributed by atoms with E-state index in [0.717, 1.165) is 12.0 Å². The molecular weight excluding hydrogens is 252 g/mol. The molecule has 0 bridgehead atoms. The Kier molecular flexibility index (Phi) is 4.90. The van der Waals surface area contributed by atoms with Crippen molar-refractivity contribution in [3.63, 3.8) is 0 Å². The van der Waals surface area contributed by atoms with Crippen LogP contribution in [0.5, 0.6) is 0 Å². The standard InChI is InChI=1S/C13H20O4S/c1-9(2)8-11-4-6-12(7-5-11)10(3)13(14)18(15,16)17/h4-7,9-10,13-14H,8H2,1-3H3,(H,15,16,17)/p-1. The van der Waals surface area contributed by atoms with Crippen LogP contribution in [0.2, 0.25) is 0 Å². The third kappa shape index (κ3) is 4.08. The van der Waals surface area contributed by atoms with E-state index in [-0.39, 0.29) is 0 Å². The Labute approximate surface area is 108 Å². The number of hydrogen-bond donors (Lipinski definition) is 1. The van der Waals surface area contributed by atoms with Gasteiger partial charge in [-0.3, -0.25) is 0 Å². The molecule has 1 rings (SSSR count). The minimum Gasteiger partial charge on any atom is -0.746 e. The summed E-state index contributed by atoms with van der Waals surface area (Å²) in [6.45, 7) is 5.76. The van der Waals surface area contributed by atoms with Crippen LogP contribution in [0, 0.1) is 5.92 Å². The van der Waals surface area contributed by atoms with Gasteiger partial charge in [0.1, 0.15) is 15.6 Å². The first-order valence-corrected chi connectivity index (χ1v) is 7.40. The molecule has 0 saturated carbocycles. The molecule has 0 fully saturated rings. The maximum absolute atomic E-state index is 10.8. The van der Waals surface area contributed by atoms with Gasteiger partial charge in [0.25, 0.3) is 0 Å². The largest absolute Gasteiger partial charge is 0.746 e. The highest BCUT2D eigenvalue weighted by molar-refractivity contribution is 7.86. The van der Waals surface area contributed by atoms with Gasteiger partial charge in [-0.2, -0.15) is 0 Å². The van der Waals surface area contributed by atoms with Crippen LogP contribution >= 0.6 is 0 Å². The van der Waals surface area contributed by atoms with Crippen molar-refractivity contribution in [3.05, 3.63) is 35.4 Å². The molecular formula is C13H19O4S-. The first-order valence-electron chi connectivity index (χ1n) is 5.93. The lowest BCUT2D eigenvalue weighted by molar-refractivity contribution is 0.207. The minimum absolute atomic E-state index is 0.542. The highest BCUT2D eigenvalue weighted by atomic mass is 32.2. The summed E-state index contributed by atoms with van der Waals surface area (Å²) >= 11 is 0. The molecule has 0 aliphatic heterocycles. The Bertz CT molecular complexity index is 476. The molecule has 0 spiro atoms. The van der Waals surface area contributed by atoms with Crippen molar-refractivity contribution in [1.82, 2.24) is 0 Å². The van der Waals surface area contributed by atoms with Crippen molar-refractivity contribution in [3.8, 4) is 0 Å². The second kappa shape index (κ2) is 5.82. The summed E-state index contributed by atoms with van der Waals surface area (Å²) in [6, 6.07) is 7.32. The molecule has 0 radical (unpaired) electrons. The highest BCUT2D eigenvalue weighted by Crippen LogP contribution is 2.23. The fourth-order valence-electron chi connectivity index (χ4n) is 1.84. The summed E-state index contributed by atoms with van der Waals surface area (Å²) in [7, 11) is -4.67. The quantitative estimate of drug-likeness (QED) is 0.829. The molecule has 2 unspecified atom stereocenters. The van der Waals surface area contributed by atoms with Crippen LogP contribution in [-0.2, 0) is 16.5 Å². The smallest absolute Gasteiger partial charge is 0.150 e. The van der Waals surface area contributed by atoms with Gasteiger partial charge in [0.15, 0.2) is 0 Å². The van der Waals surface area contributed by atoms with E-state index >= 15 is 0 Å². The van der Waals surface area contributed by atoms with Crippen molar-refractivity contribution in [1.29, 1.82) is 0 Å². The van der Waals surface area contributed by atoms with Gasteiger partial charge >= 0.3 is 0 Å². The Morgan fingerprint density at radius 1 is 1.17 bits per heavy atom. The molecule has 4 nitrogen and oxygen atoms in total. The normalized spacial score (nSPS) is 15.7. The first-order chi connectivity index (χ1) is 8.21. The van der Waals surface area contributed by atoms with Gasteiger partial charge in [-0.25, -0.2) is 8.42 Å². The Morgan fingerprint density at radius 3 is 2.06 bits per heavy atom. The van der Waals surface area contributed by atoms with Crippen molar-refractivity contribution < 1.29 is 18.1 Å². The molecule has 0 aliphatic carbocycles. The number of aliphatic hydroxyl groups excluding tert-OH is 1. The molecule has 0 aromatic heterocycles. The second-order valence-electron chi connectivity index (χ2n) is 5.01. The molecule has 0 aliphatic rings. The van der Waals surface area contributed by atoms with Crippen LogP contribution in [0.4, 0.5) is 0 Å². The number of aliphatic hydroxyl groups is 1. The number of benzene rings is 1. The van der Waals surface area contributed by atoms with Crippen LogP contribution in [0.3, 0.4) is 0 Å².